The summed E-state index contributed by atoms with van der Waals surface area (Å²) in [6.07, 6.45) is -0.361. The Morgan fingerprint density at radius 2 is 1.82 bits per heavy atom. The molecule has 5 rings (SSSR count). The number of nitrogens with zero attached hydrogens (tertiary/aromatic N) is 1. The smallest absolute Gasteiger partial charge is 0.387 e. The topological polar surface area (TPSA) is 21.7 Å². The molecule has 0 fully saturated rings. The summed E-state index contributed by atoms with van der Waals surface area (Å²) in [5.41, 5.74) is 4.37. The highest BCUT2D eigenvalue weighted by molar-refractivity contribution is 9.11. The highest BCUT2D eigenvalue weighted by Crippen LogP contribution is 2.51. The van der Waals surface area contributed by atoms with Gasteiger partial charge in [-0.25, -0.2) is 0 Å². The molecule has 0 N–H and O–H groups in total. The zero-order chi connectivity index (χ0) is 22.9. The van der Waals surface area contributed by atoms with Crippen LogP contribution in [0.4, 0.5) is 20.2 Å². The number of halogens is 3. The molecule has 0 bridgehead atoms. The lowest BCUT2D eigenvalue weighted by atomic mass is 9.90. The molecule has 0 saturated heterocycles. The van der Waals surface area contributed by atoms with Crippen LogP contribution in [0.2, 0.25) is 0 Å². The van der Waals surface area contributed by atoms with Crippen molar-refractivity contribution in [3.05, 3.63) is 93.1 Å². The van der Waals surface area contributed by atoms with Crippen molar-refractivity contribution in [3.8, 4) is 22.6 Å². The van der Waals surface area contributed by atoms with Gasteiger partial charge in [-0.2, -0.15) is 8.78 Å². The van der Waals surface area contributed by atoms with Crippen LogP contribution in [0.3, 0.4) is 0 Å². The van der Waals surface area contributed by atoms with Crippen molar-refractivity contribution < 1.29 is 18.3 Å². The maximum absolute atomic E-state index is 13.1. The van der Waals surface area contributed by atoms with Gasteiger partial charge in [-0.3, -0.25) is 0 Å². The molecule has 33 heavy (non-hydrogen) atoms. The van der Waals surface area contributed by atoms with Crippen LogP contribution in [-0.4, -0.2) is 13.2 Å². The summed E-state index contributed by atoms with van der Waals surface area (Å²) in [6, 6.07) is 25.3. The van der Waals surface area contributed by atoms with Gasteiger partial charge in [-0.05, 0) is 76.9 Å². The minimum absolute atomic E-state index is 0.109. The molecule has 0 saturated carbocycles. The summed E-state index contributed by atoms with van der Waals surface area (Å²) in [6.45, 7) is -0.0468. The van der Waals surface area contributed by atoms with E-state index in [1.54, 1.807) is 29.5 Å². The molecule has 1 atom stereocenters. The zero-order valence-corrected chi connectivity index (χ0v) is 20.1. The first kappa shape index (κ1) is 21.9. The molecule has 3 nitrogen and oxygen atoms in total. The van der Waals surface area contributed by atoms with Gasteiger partial charge in [0.15, 0.2) is 6.10 Å². The van der Waals surface area contributed by atoms with Crippen molar-refractivity contribution in [2.45, 2.75) is 19.6 Å². The van der Waals surface area contributed by atoms with Crippen molar-refractivity contribution in [2.75, 3.05) is 11.4 Å². The Bertz CT molecular complexity index is 1280. The second-order valence-corrected chi connectivity index (χ2v) is 9.99. The quantitative estimate of drug-likeness (QED) is 0.251. The van der Waals surface area contributed by atoms with Gasteiger partial charge in [0, 0.05) is 23.5 Å². The molecule has 7 heteroatoms. The molecule has 1 aromatic heterocycles. The Morgan fingerprint density at radius 3 is 2.52 bits per heavy atom. The minimum Gasteiger partial charge on any atom is -0.479 e. The van der Waals surface area contributed by atoms with Gasteiger partial charge >= 0.3 is 6.61 Å². The van der Waals surface area contributed by atoms with Crippen molar-refractivity contribution in [1.29, 1.82) is 0 Å². The Hall–Kier alpha value is -2.90. The zero-order valence-electron chi connectivity index (χ0n) is 17.7. The van der Waals surface area contributed by atoms with Gasteiger partial charge < -0.3 is 14.4 Å². The van der Waals surface area contributed by atoms with Crippen LogP contribution in [0.5, 0.6) is 11.5 Å². The minimum atomic E-state index is -2.92. The number of alkyl halides is 2. The molecule has 1 aliphatic rings. The molecule has 0 amide bonds. The van der Waals surface area contributed by atoms with Crippen LogP contribution < -0.4 is 14.4 Å². The Kier molecular flexibility index (Phi) is 6.08. The van der Waals surface area contributed by atoms with Crippen LogP contribution in [-0.2, 0) is 0 Å². The third-order valence-electron chi connectivity index (χ3n) is 5.58. The number of thiophene rings is 1. The van der Waals surface area contributed by atoms with Gasteiger partial charge in [-0.15, -0.1) is 11.3 Å². The molecule has 1 aliphatic heterocycles. The van der Waals surface area contributed by atoms with E-state index >= 15 is 0 Å². The van der Waals surface area contributed by atoms with Crippen LogP contribution in [0.25, 0.3) is 11.1 Å². The van der Waals surface area contributed by atoms with Crippen LogP contribution in [0.15, 0.2) is 82.6 Å². The number of anilines is 2. The maximum atomic E-state index is 13.1. The molecule has 0 radical (unpaired) electrons. The molecule has 1 unspecified atom stereocenters. The lowest BCUT2D eigenvalue weighted by Gasteiger charge is -2.31. The van der Waals surface area contributed by atoms with Gasteiger partial charge in [-0.1, -0.05) is 30.3 Å². The van der Waals surface area contributed by atoms with Gasteiger partial charge in [0.25, 0.3) is 0 Å². The summed E-state index contributed by atoms with van der Waals surface area (Å²) >= 11 is 5.13. The largest absolute Gasteiger partial charge is 0.479 e. The summed E-state index contributed by atoms with van der Waals surface area (Å²) in [5.74, 6) is 0.635. The molecule has 0 aliphatic carbocycles. The SMILES string of the molecule is CCN(c1ccccc1)c1ccc2c(c1)C(c1ccc(Br)s1)Oc1cccc(OC(F)F)c1-2. The average Bonchev–Trinajstić information content (AvgIpc) is 3.25. The van der Waals surface area contributed by atoms with Crippen molar-refractivity contribution in [1.82, 2.24) is 0 Å². The highest BCUT2D eigenvalue weighted by atomic mass is 79.9. The molecule has 4 aromatic rings. The first-order valence-corrected chi connectivity index (χ1v) is 12.1. The third kappa shape index (κ3) is 4.23. The number of hydrogen-bond acceptors (Lipinski definition) is 4. The Morgan fingerprint density at radius 1 is 1.00 bits per heavy atom. The van der Waals surface area contributed by atoms with E-state index in [0.717, 1.165) is 37.7 Å². The molecule has 168 valence electrons. The standard InChI is InChI=1S/C26H20BrF2NO2S/c1-2-30(16-7-4-3-5-8-16)17-11-12-18-19(15-17)25(22-13-14-23(27)33-22)31-20-9-6-10-21(24(18)20)32-26(28)29/h3-15,25-26H,2H2,1H3. The van der Waals surface area contributed by atoms with Crippen LogP contribution in [0, 0.1) is 0 Å². The number of fused-ring (bicyclic) bond motifs is 3. The molecular weight excluding hydrogens is 508 g/mol. The average molecular weight is 528 g/mol. The van der Waals surface area contributed by atoms with Gasteiger partial charge in [0.2, 0.25) is 0 Å². The van der Waals surface area contributed by atoms with Crippen LogP contribution >= 0.6 is 27.3 Å². The van der Waals surface area contributed by atoms with E-state index < -0.39 is 6.61 Å². The lowest BCUT2D eigenvalue weighted by molar-refractivity contribution is -0.0496. The monoisotopic (exact) mass is 527 g/mol. The Balaban J connectivity index is 1.68. The number of rotatable bonds is 6. The highest BCUT2D eigenvalue weighted by Gasteiger charge is 2.32. The summed E-state index contributed by atoms with van der Waals surface area (Å²) in [4.78, 5) is 3.23. The molecule has 0 spiro atoms. The normalized spacial score (nSPS) is 14.4. The summed E-state index contributed by atoms with van der Waals surface area (Å²) < 4.78 is 38.5. The number of hydrogen-bond donors (Lipinski definition) is 0. The van der Waals surface area contributed by atoms with E-state index in [4.69, 9.17) is 9.47 Å². The second-order valence-electron chi connectivity index (χ2n) is 7.50. The van der Waals surface area contributed by atoms with E-state index in [2.05, 4.69) is 46.0 Å². The van der Waals surface area contributed by atoms with E-state index in [0.29, 0.717) is 11.3 Å². The van der Waals surface area contributed by atoms with Gasteiger partial charge in [0.1, 0.15) is 11.5 Å². The van der Waals surface area contributed by atoms with Crippen molar-refractivity contribution in [3.63, 3.8) is 0 Å². The summed E-state index contributed by atoms with van der Waals surface area (Å²) in [7, 11) is 0. The van der Waals surface area contributed by atoms with E-state index in [1.807, 2.05) is 42.5 Å². The van der Waals surface area contributed by atoms with E-state index in [-0.39, 0.29) is 11.9 Å². The molecule has 3 aromatic carbocycles. The first-order chi connectivity index (χ1) is 16.0. The third-order valence-corrected chi connectivity index (χ3v) is 7.25. The summed E-state index contributed by atoms with van der Waals surface area (Å²) in [5, 5.41) is 0. The van der Waals surface area contributed by atoms with E-state index in [1.165, 1.54) is 0 Å². The Labute approximate surface area is 203 Å². The molecular formula is C26H20BrF2NO2S. The second kappa shape index (κ2) is 9.15. The fraction of sp³-hybridized carbons (Fsp3) is 0.154. The van der Waals surface area contributed by atoms with Gasteiger partial charge in [0.05, 0.1) is 14.2 Å². The predicted molar refractivity (Wildman–Crippen MR) is 132 cm³/mol. The van der Waals surface area contributed by atoms with Crippen LogP contribution in [0.1, 0.15) is 23.5 Å². The fourth-order valence-electron chi connectivity index (χ4n) is 4.22. The number of ether oxygens (including phenoxy) is 2. The first-order valence-electron chi connectivity index (χ1n) is 10.5. The predicted octanol–water partition coefficient (Wildman–Crippen LogP) is 8.42. The number of para-hydroxylation sites is 1. The van der Waals surface area contributed by atoms with Crippen molar-refractivity contribution in [2.24, 2.45) is 0 Å². The fourth-order valence-corrected chi connectivity index (χ4v) is 5.70. The number of benzene rings is 3. The lowest BCUT2D eigenvalue weighted by Crippen LogP contribution is -2.19. The maximum Gasteiger partial charge on any atom is 0.387 e. The molecule has 2 heterocycles. The van der Waals surface area contributed by atoms with Crippen molar-refractivity contribution >= 4 is 38.6 Å². The van der Waals surface area contributed by atoms with E-state index in [9.17, 15) is 8.78 Å².